The van der Waals surface area contributed by atoms with Crippen LogP contribution in [0.1, 0.15) is 10.4 Å². The molecular formula is C9H11FNO4PS. The van der Waals surface area contributed by atoms with Gasteiger partial charge in [0.25, 0.3) is 0 Å². The van der Waals surface area contributed by atoms with Crippen LogP contribution >= 0.6 is 9.24 Å². The first-order chi connectivity index (χ1) is 7.80. The Balaban J connectivity index is 3.35. The lowest BCUT2D eigenvalue weighted by Gasteiger charge is -2.14. The number of carboxylic acid groups (broad SMARTS) is 1. The minimum atomic E-state index is -3.78. The summed E-state index contributed by atoms with van der Waals surface area (Å²) in [4.78, 5) is 10.4. The lowest BCUT2D eigenvalue weighted by molar-refractivity contribution is 0.0691. The van der Waals surface area contributed by atoms with Crippen molar-refractivity contribution in [3.05, 3.63) is 29.6 Å². The van der Waals surface area contributed by atoms with Crippen LogP contribution < -0.4 is 0 Å². The van der Waals surface area contributed by atoms with Crippen molar-refractivity contribution in [1.29, 1.82) is 0 Å². The molecule has 0 saturated heterocycles. The van der Waals surface area contributed by atoms with E-state index in [1.165, 1.54) is 7.05 Å². The third-order valence-electron chi connectivity index (χ3n) is 2.13. The number of hydrogen-bond acceptors (Lipinski definition) is 3. The number of rotatable bonds is 4. The molecule has 0 saturated carbocycles. The fraction of sp³-hybridized carbons (Fsp3) is 0.222. The van der Waals surface area contributed by atoms with Crippen molar-refractivity contribution < 1.29 is 22.7 Å². The predicted molar refractivity (Wildman–Crippen MR) is 62.9 cm³/mol. The summed E-state index contributed by atoms with van der Waals surface area (Å²) < 4.78 is 37.8. The van der Waals surface area contributed by atoms with Crippen LogP contribution in [0, 0.1) is 5.82 Å². The van der Waals surface area contributed by atoms with Crippen LogP contribution in [0.15, 0.2) is 23.1 Å². The topological polar surface area (TPSA) is 74.7 Å². The molecule has 0 aromatic heterocycles. The van der Waals surface area contributed by atoms with Crippen LogP contribution in [0.4, 0.5) is 4.39 Å². The fourth-order valence-corrected chi connectivity index (χ4v) is 2.76. The third kappa shape index (κ3) is 2.80. The minimum Gasteiger partial charge on any atom is -0.478 e. The van der Waals surface area contributed by atoms with Gasteiger partial charge in [0.05, 0.1) is 10.5 Å². The monoisotopic (exact) mass is 279 g/mol. The number of benzene rings is 1. The van der Waals surface area contributed by atoms with E-state index in [1.54, 1.807) is 0 Å². The van der Waals surface area contributed by atoms with E-state index < -0.39 is 27.4 Å². The Labute approximate surface area is 100 Å². The van der Waals surface area contributed by atoms with E-state index in [4.69, 9.17) is 5.11 Å². The molecule has 1 rings (SSSR count). The molecule has 94 valence electrons. The molecule has 0 heterocycles. The van der Waals surface area contributed by atoms with Gasteiger partial charge in [-0.1, -0.05) is 0 Å². The molecular weight excluding hydrogens is 268 g/mol. The first kappa shape index (κ1) is 14.0. The Hall–Kier alpha value is -1.04. The van der Waals surface area contributed by atoms with Crippen molar-refractivity contribution in [2.75, 3.05) is 13.3 Å². The molecule has 1 unspecified atom stereocenters. The summed E-state index contributed by atoms with van der Waals surface area (Å²) in [5, 5.41) is 8.70. The standard InChI is InChI=1S/C9H11FNO4PS/c1-11(5-16)17(14,15)6-2-3-8(10)7(4-6)9(12)13/h2-4H,5,16H2,1H3,(H,12,13). The van der Waals surface area contributed by atoms with E-state index in [0.29, 0.717) is 0 Å². The third-order valence-corrected chi connectivity index (χ3v) is 4.77. The highest BCUT2D eigenvalue weighted by Gasteiger charge is 2.22. The van der Waals surface area contributed by atoms with Gasteiger partial charge < -0.3 is 5.11 Å². The van der Waals surface area contributed by atoms with Gasteiger partial charge in [-0.3, -0.25) is 0 Å². The van der Waals surface area contributed by atoms with Crippen LogP contribution in [0.25, 0.3) is 0 Å². The van der Waals surface area contributed by atoms with E-state index in [0.717, 1.165) is 22.5 Å². The quantitative estimate of drug-likeness (QED) is 0.834. The summed E-state index contributed by atoms with van der Waals surface area (Å²) in [5.41, 5.74) is -0.664. The Morgan fingerprint density at radius 1 is 1.53 bits per heavy atom. The maximum absolute atomic E-state index is 13.1. The second kappa shape index (κ2) is 5.08. The van der Waals surface area contributed by atoms with Crippen molar-refractivity contribution in [1.82, 2.24) is 4.31 Å². The molecule has 17 heavy (non-hydrogen) atoms. The number of sulfonamides is 1. The Bertz CT molecular complexity index is 546. The number of carboxylic acids is 1. The van der Waals surface area contributed by atoms with Crippen LogP contribution in [-0.4, -0.2) is 37.1 Å². The van der Waals surface area contributed by atoms with Crippen LogP contribution in [-0.2, 0) is 10.0 Å². The number of aromatic carboxylic acids is 1. The zero-order valence-electron chi connectivity index (χ0n) is 8.92. The van der Waals surface area contributed by atoms with Crippen LogP contribution in [0.5, 0.6) is 0 Å². The molecule has 1 aromatic rings. The molecule has 0 radical (unpaired) electrons. The van der Waals surface area contributed by atoms with Gasteiger partial charge in [-0.15, -0.1) is 9.24 Å². The molecule has 5 nitrogen and oxygen atoms in total. The summed E-state index contributed by atoms with van der Waals surface area (Å²) in [6, 6.07) is 2.67. The van der Waals surface area contributed by atoms with Crippen molar-refractivity contribution in [3.8, 4) is 0 Å². The highest BCUT2D eigenvalue weighted by molar-refractivity contribution is 7.89. The van der Waals surface area contributed by atoms with Gasteiger partial charge in [-0.2, -0.15) is 4.31 Å². The number of halogens is 1. The normalized spacial score (nSPS) is 11.8. The minimum absolute atomic E-state index is 0.155. The molecule has 0 aliphatic carbocycles. The van der Waals surface area contributed by atoms with E-state index in [1.807, 2.05) is 0 Å². The van der Waals surface area contributed by atoms with Gasteiger partial charge in [0.2, 0.25) is 10.0 Å². The average Bonchev–Trinajstić information content (AvgIpc) is 2.27. The second-order valence-corrected chi connectivity index (χ2v) is 5.64. The molecule has 0 aliphatic heterocycles. The second-order valence-electron chi connectivity index (χ2n) is 3.23. The smallest absolute Gasteiger partial charge is 0.338 e. The van der Waals surface area contributed by atoms with Gasteiger partial charge in [0, 0.05) is 13.3 Å². The van der Waals surface area contributed by atoms with Gasteiger partial charge in [0.1, 0.15) is 5.82 Å². The lowest BCUT2D eigenvalue weighted by Crippen LogP contribution is -2.25. The molecule has 1 aromatic carbocycles. The van der Waals surface area contributed by atoms with Gasteiger partial charge in [-0.25, -0.2) is 17.6 Å². The van der Waals surface area contributed by atoms with E-state index in [-0.39, 0.29) is 11.2 Å². The van der Waals surface area contributed by atoms with Gasteiger partial charge in [-0.05, 0) is 18.2 Å². The van der Waals surface area contributed by atoms with E-state index >= 15 is 0 Å². The van der Waals surface area contributed by atoms with Gasteiger partial charge >= 0.3 is 5.97 Å². The van der Waals surface area contributed by atoms with Crippen LogP contribution in [0.2, 0.25) is 0 Å². The molecule has 0 aliphatic rings. The predicted octanol–water partition coefficient (Wildman–Crippen LogP) is 0.977. The largest absolute Gasteiger partial charge is 0.478 e. The molecule has 1 N–H and O–H groups in total. The van der Waals surface area contributed by atoms with Crippen molar-refractivity contribution in [3.63, 3.8) is 0 Å². The lowest BCUT2D eigenvalue weighted by atomic mass is 10.2. The Morgan fingerprint density at radius 3 is 2.59 bits per heavy atom. The average molecular weight is 279 g/mol. The first-order valence-corrected chi connectivity index (χ1v) is 6.75. The number of carbonyl (C=O) groups is 1. The van der Waals surface area contributed by atoms with Gasteiger partial charge in [0.15, 0.2) is 0 Å². The molecule has 0 bridgehead atoms. The highest BCUT2D eigenvalue weighted by Crippen LogP contribution is 2.18. The van der Waals surface area contributed by atoms with E-state index in [2.05, 4.69) is 9.24 Å². The number of hydrogen-bond donors (Lipinski definition) is 1. The molecule has 0 spiro atoms. The maximum atomic E-state index is 13.1. The van der Waals surface area contributed by atoms with Crippen molar-refractivity contribution in [2.24, 2.45) is 0 Å². The molecule has 1 atom stereocenters. The first-order valence-electron chi connectivity index (χ1n) is 4.50. The SMILES string of the molecule is CN(CP)S(=O)(=O)c1ccc(F)c(C(=O)O)c1. The maximum Gasteiger partial charge on any atom is 0.338 e. The summed E-state index contributed by atoms with van der Waals surface area (Å²) in [6.07, 6.45) is 0.155. The zero-order chi connectivity index (χ0) is 13.2. The number of nitrogens with zero attached hydrogens (tertiary/aromatic N) is 1. The summed E-state index contributed by atoms with van der Waals surface area (Å²) in [7, 11) is -0.212. The fourth-order valence-electron chi connectivity index (χ4n) is 1.11. The van der Waals surface area contributed by atoms with E-state index in [9.17, 15) is 17.6 Å². The van der Waals surface area contributed by atoms with Crippen molar-refractivity contribution in [2.45, 2.75) is 4.90 Å². The zero-order valence-corrected chi connectivity index (χ0v) is 10.9. The molecule has 8 heteroatoms. The van der Waals surface area contributed by atoms with Crippen molar-refractivity contribution >= 4 is 25.2 Å². The van der Waals surface area contributed by atoms with Crippen LogP contribution in [0.3, 0.4) is 0 Å². The Morgan fingerprint density at radius 2 is 2.12 bits per heavy atom. The summed E-state index contributed by atoms with van der Waals surface area (Å²) in [5.74, 6) is -2.47. The molecule has 0 fully saturated rings. The molecule has 0 amide bonds. The summed E-state index contributed by atoms with van der Waals surface area (Å²) >= 11 is 0. The highest BCUT2D eigenvalue weighted by atomic mass is 32.2. The Kier molecular flexibility index (Phi) is 4.19. The summed E-state index contributed by atoms with van der Waals surface area (Å²) in [6.45, 7) is 0.